The number of carbonyl (C=O) groups excluding carboxylic acids is 1. The Morgan fingerprint density at radius 1 is 1.52 bits per heavy atom. The molecule has 0 radical (unpaired) electrons. The highest BCUT2D eigenvalue weighted by molar-refractivity contribution is 8.00. The SMILES string of the molecule is Cc1cc(C(C)NC(=O)N2C(C)SCC2C(=O)O)c(C)o1. The first-order valence-corrected chi connectivity index (χ1v) is 7.86. The molecule has 1 aliphatic heterocycles. The minimum atomic E-state index is -0.968. The monoisotopic (exact) mass is 312 g/mol. The highest BCUT2D eigenvalue weighted by atomic mass is 32.2. The molecule has 1 aromatic rings. The van der Waals surface area contributed by atoms with Crippen molar-refractivity contribution in [2.75, 3.05) is 5.75 Å². The van der Waals surface area contributed by atoms with Gasteiger partial charge in [-0.2, -0.15) is 0 Å². The Morgan fingerprint density at radius 2 is 2.19 bits per heavy atom. The van der Waals surface area contributed by atoms with Crippen molar-refractivity contribution in [1.29, 1.82) is 0 Å². The molecule has 1 saturated heterocycles. The summed E-state index contributed by atoms with van der Waals surface area (Å²) in [5.41, 5.74) is 0.909. The second-order valence-electron chi connectivity index (χ2n) is 5.23. The molecule has 7 heteroatoms. The van der Waals surface area contributed by atoms with Crippen molar-refractivity contribution in [2.24, 2.45) is 0 Å². The Labute approximate surface area is 127 Å². The summed E-state index contributed by atoms with van der Waals surface area (Å²) in [4.78, 5) is 25.0. The third kappa shape index (κ3) is 3.18. The van der Waals surface area contributed by atoms with Crippen molar-refractivity contribution < 1.29 is 19.1 Å². The van der Waals surface area contributed by atoms with E-state index < -0.39 is 12.0 Å². The number of carbonyl (C=O) groups is 2. The van der Waals surface area contributed by atoms with E-state index in [0.29, 0.717) is 5.75 Å². The summed E-state index contributed by atoms with van der Waals surface area (Å²) in [6.07, 6.45) is 0. The Hall–Kier alpha value is -1.63. The quantitative estimate of drug-likeness (QED) is 0.896. The minimum Gasteiger partial charge on any atom is -0.480 e. The van der Waals surface area contributed by atoms with E-state index in [1.807, 2.05) is 33.8 Å². The Morgan fingerprint density at radius 3 is 2.71 bits per heavy atom. The number of hydrogen-bond acceptors (Lipinski definition) is 4. The molecule has 2 amide bonds. The zero-order valence-corrected chi connectivity index (χ0v) is 13.4. The summed E-state index contributed by atoms with van der Waals surface area (Å²) in [6, 6.07) is 0.522. The van der Waals surface area contributed by atoms with Gasteiger partial charge in [-0.3, -0.25) is 4.90 Å². The van der Waals surface area contributed by atoms with Crippen LogP contribution < -0.4 is 5.32 Å². The van der Waals surface area contributed by atoms with Crippen LogP contribution in [0.15, 0.2) is 10.5 Å². The normalized spacial score (nSPS) is 23.1. The Balaban J connectivity index is 2.10. The smallest absolute Gasteiger partial charge is 0.327 e. The highest BCUT2D eigenvalue weighted by Crippen LogP contribution is 2.29. The second kappa shape index (κ2) is 6.01. The molecule has 6 nitrogen and oxygen atoms in total. The summed E-state index contributed by atoms with van der Waals surface area (Å²) < 4.78 is 5.46. The lowest BCUT2D eigenvalue weighted by Crippen LogP contribution is -2.49. The van der Waals surface area contributed by atoms with E-state index in [4.69, 9.17) is 4.42 Å². The largest absolute Gasteiger partial charge is 0.480 e. The van der Waals surface area contributed by atoms with Gasteiger partial charge >= 0.3 is 12.0 Å². The molecule has 2 rings (SSSR count). The van der Waals surface area contributed by atoms with Crippen molar-refractivity contribution >= 4 is 23.8 Å². The van der Waals surface area contributed by atoms with Crippen LogP contribution in [-0.4, -0.2) is 39.2 Å². The molecule has 0 aliphatic carbocycles. The number of carboxylic acid groups (broad SMARTS) is 1. The van der Waals surface area contributed by atoms with Crippen molar-refractivity contribution in [3.05, 3.63) is 23.2 Å². The minimum absolute atomic E-state index is 0.148. The van der Waals surface area contributed by atoms with Gasteiger partial charge in [0.25, 0.3) is 0 Å². The van der Waals surface area contributed by atoms with E-state index in [9.17, 15) is 14.7 Å². The molecule has 0 spiro atoms. The fourth-order valence-corrected chi connectivity index (χ4v) is 3.73. The highest BCUT2D eigenvalue weighted by Gasteiger charge is 2.39. The van der Waals surface area contributed by atoms with Crippen LogP contribution >= 0.6 is 11.8 Å². The van der Waals surface area contributed by atoms with Crippen LogP contribution in [0.3, 0.4) is 0 Å². The third-order valence-electron chi connectivity index (χ3n) is 3.63. The Kier molecular flexibility index (Phi) is 4.51. The van der Waals surface area contributed by atoms with E-state index in [2.05, 4.69) is 5.32 Å². The maximum absolute atomic E-state index is 12.4. The molecule has 2 heterocycles. The second-order valence-corrected chi connectivity index (χ2v) is 6.58. The van der Waals surface area contributed by atoms with Gasteiger partial charge in [0.05, 0.1) is 11.4 Å². The molecule has 2 N–H and O–H groups in total. The number of amides is 2. The van der Waals surface area contributed by atoms with Crippen molar-refractivity contribution in [1.82, 2.24) is 10.2 Å². The van der Waals surface area contributed by atoms with Crippen LogP contribution in [-0.2, 0) is 4.79 Å². The zero-order chi connectivity index (χ0) is 15.7. The van der Waals surface area contributed by atoms with Crippen LogP contribution in [0.4, 0.5) is 4.79 Å². The van der Waals surface area contributed by atoms with Crippen molar-refractivity contribution in [2.45, 2.75) is 45.2 Å². The van der Waals surface area contributed by atoms with E-state index >= 15 is 0 Å². The number of nitrogens with zero attached hydrogens (tertiary/aromatic N) is 1. The summed E-state index contributed by atoms with van der Waals surface area (Å²) in [5.74, 6) is 1.00. The third-order valence-corrected chi connectivity index (χ3v) is 4.85. The van der Waals surface area contributed by atoms with Gasteiger partial charge in [-0.05, 0) is 33.8 Å². The lowest BCUT2D eigenvalue weighted by atomic mass is 10.1. The molecular formula is C14H20N2O4S. The lowest BCUT2D eigenvalue weighted by molar-refractivity contribution is -0.141. The van der Waals surface area contributed by atoms with Crippen molar-refractivity contribution in [3.63, 3.8) is 0 Å². The fraction of sp³-hybridized carbons (Fsp3) is 0.571. The number of nitrogens with one attached hydrogen (secondary N) is 1. The number of aliphatic carboxylic acids is 1. The number of carboxylic acids is 1. The predicted molar refractivity (Wildman–Crippen MR) is 80.3 cm³/mol. The molecule has 1 fully saturated rings. The van der Waals surface area contributed by atoms with Gasteiger partial charge in [0.1, 0.15) is 17.6 Å². The lowest BCUT2D eigenvalue weighted by Gasteiger charge is -2.27. The standard InChI is InChI=1S/C14H20N2O4S/c1-7-5-11(9(3)20-7)8(2)15-14(19)16-10(4)21-6-12(16)13(17)18/h5,8,10,12H,6H2,1-4H3,(H,15,19)(H,17,18). The topological polar surface area (TPSA) is 82.8 Å². The van der Waals surface area contributed by atoms with E-state index in [-0.39, 0.29) is 17.4 Å². The number of aryl methyl sites for hydroxylation is 2. The number of urea groups is 1. The van der Waals surface area contributed by atoms with Crippen LogP contribution in [0.5, 0.6) is 0 Å². The van der Waals surface area contributed by atoms with Gasteiger partial charge in [-0.15, -0.1) is 11.8 Å². The zero-order valence-electron chi connectivity index (χ0n) is 12.5. The van der Waals surface area contributed by atoms with Crippen LogP contribution in [0, 0.1) is 13.8 Å². The van der Waals surface area contributed by atoms with Crippen LogP contribution in [0.25, 0.3) is 0 Å². The first-order valence-electron chi connectivity index (χ1n) is 6.81. The maximum Gasteiger partial charge on any atom is 0.327 e. The van der Waals surface area contributed by atoms with Crippen molar-refractivity contribution in [3.8, 4) is 0 Å². The number of hydrogen-bond donors (Lipinski definition) is 2. The van der Waals surface area contributed by atoms with Gasteiger partial charge in [-0.25, -0.2) is 9.59 Å². The number of furan rings is 1. The Bertz CT molecular complexity index is 557. The molecule has 0 bridgehead atoms. The van der Waals surface area contributed by atoms with Gasteiger partial charge in [0.15, 0.2) is 0 Å². The first kappa shape index (κ1) is 15.8. The molecule has 1 aromatic heterocycles. The van der Waals surface area contributed by atoms with E-state index in [1.54, 1.807) is 0 Å². The summed E-state index contributed by atoms with van der Waals surface area (Å²) >= 11 is 1.47. The molecular weight excluding hydrogens is 292 g/mol. The van der Waals surface area contributed by atoms with E-state index in [1.165, 1.54) is 16.7 Å². The summed E-state index contributed by atoms with van der Waals surface area (Å²) in [6.45, 7) is 7.40. The predicted octanol–water partition coefficient (Wildman–Crippen LogP) is 2.52. The molecule has 116 valence electrons. The van der Waals surface area contributed by atoms with Crippen LogP contribution in [0.1, 0.15) is 37.0 Å². The molecule has 0 aromatic carbocycles. The molecule has 21 heavy (non-hydrogen) atoms. The number of rotatable bonds is 3. The summed E-state index contributed by atoms with van der Waals surface area (Å²) in [7, 11) is 0. The average Bonchev–Trinajstić information content (AvgIpc) is 2.92. The molecule has 3 unspecified atom stereocenters. The van der Waals surface area contributed by atoms with E-state index in [0.717, 1.165) is 17.1 Å². The van der Waals surface area contributed by atoms with Gasteiger partial charge in [-0.1, -0.05) is 0 Å². The van der Waals surface area contributed by atoms with Gasteiger partial charge < -0.3 is 14.8 Å². The molecule has 3 atom stereocenters. The average molecular weight is 312 g/mol. The fourth-order valence-electron chi connectivity index (χ4n) is 2.56. The number of thioether (sulfide) groups is 1. The van der Waals surface area contributed by atoms with Gasteiger partial charge in [0.2, 0.25) is 0 Å². The molecule has 1 aliphatic rings. The van der Waals surface area contributed by atoms with Gasteiger partial charge in [0, 0.05) is 11.3 Å². The molecule has 0 saturated carbocycles. The first-order chi connectivity index (χ1) is 9.81. The van der Waals surface area contributed by atoms with Crippen LogP contribution in [0.2, 0.25) is 0 Å². The maximum atomic E-state index is 12.4. The summed E-state index contributed by atoms with van der Waals surface area (Å²) in [5, 5.41) is 11.9.